The molecule has 2 rings (SSSR count). The summed E-state index contributed by atoms with van der Waals surface area (Å²) in [5.41, 5.74) is 0. The minimum atomic E-state index is -0.0781. The highest BCUT2D eigenvalue weighted by atomic mass is 16.2. The lowest BCUT2D eigenvalue weighted by Crippen LogP contribution is -2.48. The summed E-state index contributed by atoms with van der Waals surface area (Å²) in [5, 5.41) is 6.35. The van der Waals surface area contributed by atoms with Gasteiger partial charge in [-0.05, 0) is 46.6 Å². The lowest BCUT2D eigenvalue weighted by atomic mass is 10.2. The zero-order valence-electron chi connectivity index (χ0n) is 11.2. The highest BCUT2D eigenvalue weighted by molar-refractivity contribution is 5.81. The van der Waals surface area contributed by atoms with Crippen LogP contribution in [0.3, 0.4) is 0 Å². The monoisotopic (exact) mass is 239 g/mol. The maximum atomic E-state index is 11.7. The molecular weight excluding hydrogens is 214 g/mol. The summed E-state index contributed by atoms with van der Waals surface area (Å²) in [6, 6.07) is 1.66. The summed E-state index contributed by atoms with van der Waals surface area (Å²) in [4.78, 5) is 14.2. The Kier molecular flexibility index (Phi) is 4.05. The minimum Gasteiger partial charge on any atom is -0.352 e. The normalized spacial score (nSPS) is 23.5. The van der Waals surface area contributed by atoms with Gasteiger partial charge in [0.25, 0.3) is 0 Å². The summed E-state index contributed by atoms with van der Waals surface area (Å²) < 4.78 is 0. The van der Waals surface area contributed by atoms with Crippen LogP contribution >= 0.6 is 0 Å². The molecule has 2 unspecified atom stereocenters. The van der Waals surface area contributed by atoms with Crippen molar-refractivity contribution in [1.29, 1.82) is 0 Å². The van der Waals surface area contributed by atoms with Crippen LogP contribution in [-0.4, -0.2) is 48.6 Å². The van der Waals surface area contributed by atoms with Gasteiger partial charge in [-0.25, -0.2) is 0 Å². The van der Waals surface area contributed by atoms with Crippen molar-refractivity contribution in [2.75, 3.05) is 13.6 Å². The molecule has 2 aliphatic carbocycles. The van der Waals surface area contributed by atoms with E-state index in [2.05, 4.69) is 29.5 Å². The van der Waals surface area contributed by atoms with Crippen molar-refractivity contribution in [1.82, 2.24) is 15.5 Å². The Morgan fingerprint density at radius 3 is 2.47 bits per heavy atom. The van der Waals surface area contributed by atoms with Crippen LogP contribution in [0.15, 0.2) is 0 Å². The molecule has 98 valence electrons. The van der Waals surface area contributed by atoms with Crippen molar-refractivity contribution >= 4 is 5.91 Å². The van der Waals surface area contributed by atoms with Crippen molar-refractivity contribution in [3.63, 3.8) is 0 Å². The van der Waals surface area contributed by atoms with Gasteiger partial charge in [-0.3, -0.25) is 9.69 Å². The number of nitrogens with one attached hydrogen (secondary N) is 2. The SMILES string of the molecule is CC(NCC(C)N(C)C1CC1)C(=O)NC1CC1. The van der Waals surface area contributed by atoms with Gasteiger partial charge < -0.3 is 10.6 Å². The number of hydrogen-bond donors (Lipinski definition) is 2. The average molecular weight is 239 g/mol. The molecule has 0 radical (unpaired) electrons. The standard InChI is InChI=1S/C13H25N3O/c1-9(16(3)12-6-7-12)8-14-10(2)13(17)15-11-4-5-11/h9-12,14H,4-8H2,1-3H3,(H,15,17). The van der Waals surface area contributed by atoms with E-state index in [1.54, 1.807) is 0 Å². The third kappa shape index (κ3) is 3.96. The first kappa shape index (κ1) is 12.8. The van der Waals surface area contributed by atoms with Gasteiger partial charge in [0.05, 0.1) is 6.04 Å². The number of carbonyl (C=O) groups excluding carboxylic acids is 1. The van der Waals surface area contributed by atoms with Crippen molar-refractivity contribution in [3.05, 3.63) is 0 Å². The molecule has 0 aromatic carbocycles. The van der Waals surface area contributed by atoms with Crippen LogP contribution in [0, 0.1) is 0 Å². The van der Waals surface area contributed by atoms with E-state index in [1.807, 2.05) is 6.92 Å². The lowest BCUT2D eigenvalue weighted by Gasteiger charge is -2.26. The molecule has 2 atom stereocenters. The third-order valence-electron chi connectivity index (χ3n) is 3.85. The van der Waals surface area contributed by atoms with E-state index in [0.29, 0.717) is 12.1 Å². The molecule has 2 N–H and O–H groups in total. The Hall–Kier alpha value is -0.610. The van der Waals surface area contributed by atoms with Gasteiger partial charge in [0.15, 0.2) is 0 Å². The maximum Gasteiger partial charge on any atom is 0.237 e. The highest BCUT2D eigenvalue weighted by Crippen LogP contribution is 2.26. The average Bonchev–Trinajstić information content (AvgIpc) is 3.14. The van der Waals surface area contributed by atoms with Crippen LogP contribution in [0.1, 0.15) is 39.5 Å². The maximum absolute atomic E-state index is 11.7. The molecule has 4 heteroatoms. The first-order valence-corrected chi connectivity index (χ1v) is 6.83. The molecule has 0 heterocycles. The number of nitrogens with zero attached hydrogens (tertiary/aromatic N) is 1. The predicted molar refractivity (Wildman–Crippen MR) is 68.9 cm³/mol. The Bertz CT molecular complexity index is 274. The lowest BCUT2D eigenvalue weighted by molar-refractivity contribution is -0.122. The van der Waals surface area contributed by atoms with E-state index in [-0.39, 0.29) is 11.9 Å². The zero-order chi connectivity index (χ0) is 12.4. The van der Waals surface area contributed by atoms with E-state index in [9.17, 15) is 4.79 Å². The first-order chi connectivity index (χ1) is 8.08. The Labute approximate surface area is 104 Å². The summed E-state index contributed by atoms with van der Waals surface area (Å²) in [6.07, 6.45) is 4.97. The number of carbonyl (C=O) groups is 1. The summed E-state index contributed by atoms with van der Waals surface area (Å²) in [6.45, 7) is 5.05. The van der Waals surface area contributed by atoms with Crippen LogP contribution < -0.4 is 10.6 Å². The molecule has 2 aliphatic rings. The minimum absolute atomic E-state index is 0.0781. The molecule has 0 aromatic heterocycles. The number of amides is 1. The second-order valence-corrected chi connectivity index (χ2v) is 5.66. The van der Waals surface area contributed by atoms with E-state index in [1.165, 1.54) is 12.8 Å². The summed E-state index contributed by atoms with van der Waals surface area (Å²) in [5.74, 6) is 0.147. The molecule has 0 spiro atoms. The van der Waals surface area contributed by atoms with Gasteiger partial charge in [0, 0.05) is 24.7 Å². The Morgan fingerprint density at radius 2 is 1.94 bits per heavy atom. The number of likely N-dealkylation sites (N-methyl/N-ethyl adjacent to an activating group) is 1. The molecule has 0 bridgehead atoms. The molecule has 2 saturated carbocycles. The molecule has 0 aliphatic heterocycles. The second kappa shape index (κ2) is 5.36. The van der Waals surface area contributed by atoms with Gasteiger partial charge in [-0.2, -0.15) is 0 Å². The molecular formula is C13H25N3O. The molecule has 17 heavy (non-hydrogen) atoms. The molecule has 4 nitrogen and oxygen atoms in total. The fourth-order valence-electron chi connectivity index (χ4n) is 1.98. The van der Waals surface area contributed by atoms with Crippen LogP contribution in [0.5, 0.6) is 0 Å². The second-order valence-electron chi connectivity index (χ2n) is 5.66. The van der Waals surface area contributed by atoms with Crippen molar-refractivity contribution in [3.8, 4) is 0 Å². The van der Waals surface area contributed by atoms with Crippen molar-refractivity contribution in [2.24, 2.45) is 0 Å². The van der Waals surface area contributed by atoms with Crippen LogP contribution in [-0.2, 0) is 4.79 Å². The first-order valence-electron chi connectivity index (χ1n) is 6.83. The predicted octanol–water partition coefficient (Wildman–Crippen LogP) is 0.726. The zero-order valence-corrected chi connectivity index (χ0v) is 11.2. The topological polar surface area (TPSA) is 44.4 Å². The van der Waals surface area contributed by atoms with Crippen LogP contribution in [0.25, 0.3) is 0 Å². The summed E-state index contributed by atoms with van der Waals surface area (Å²) in [7, 11) is 2.18. The van der Waals surface area contributed by atoms with Gasteiger partial charge >= 0.3 is 0 Å². The molecule has 1 amide bonds. The number of hydrogen-bond acceptors (Lipinski definition) is 3. The largest absolute Gasteiger partial charge is 0.352 e. The summed E-state index contributed by atoms with van der Waals surface area (Å²) >= 11 is 0. The Morgan fingerprint density at radius 1 is 1.29 bits per heavy atom. The van der Waals surface area contributed by atoms with Gasteiger partial charge in [0.2, 0.25) is 5.91 Å². The smallest absolute Gasteiger partial charge is 0.237 e. The van der Waals surface area contributed by atoms with Crippen molar-refractivity contribution < 1.29 is 4.79 Å². The van der Waals surface area contributed by atoms with Gasteiger partial charge in [0.1, 0.15) is 0 Å². The van der Waals surface area contributed by atoms with E-state index < -0.39 is 0 Å². The molecule has 2 fully saturated rings. The quantitative estimate of drug-likeness (QED) is 0.688. The third-order valence-corrected chi connectivity index (χ3v) is 3.85. The van der Waals surface area contributed by atoms with Gasteiger partial charge in [-0.15, -0.1) is 0 Å². The van der Waals surface area contributed by atoms with E-state index in [4.69, 9.17) is 0 Å². The molecule has 0 aromatic rings. The fourth-order valence-corrected chi connectivity index (χ4v) is 1.98. The highest BCUT2D eigenvalue weighted by Gasteiger charge is 2.29. The Balaban J connectivity index is 1.63. The van der Waals surface area contributed by atoms with Gasteiger partial charge in [-0.1, -0.05) is 0 Å². The van der Waals surface area contributed by atoms with Crippen LogP contribution in [0.2, 0.25) is 0 Å². The number of rotatable bonds is 7. The van der Waals surface area contributed by atoms with Crippen LogP contribution in [0.4, 0.5) is 0 Å². The van der Waals surface area contributed by atoms with E-state index >= 15 is 0 Å². The van der Waals surface area contributed by atoms with Crippen molar-refractivity contribution in [2.45, 2.75) is 63.7 Å². The fraction of sp³-hybridized carbons (Fsp3) is 0.923. The molecule has 0 saturated heterocycles. The van der Waals surface area contributed by atoms with E-state index in [0.717, 1.165) is 25.4 Å².